The van der Waals surface area contributed by atoms with Crippen LogP contribution in [0.1, 0.15) is 26.7 Å². The van der Waals surface area contributed by atoms with E-state index in [1.54, 1.807) is 0 Å². The molecule has 0 radical (unpaired) electrons. The van der Waals surface area contributed by atoms with Crippen molar-refractivity contribution >= 4 is 0 Å². The van der Waals surface area contributed by atoms with Crippen LogP contribution in [0.4, 0.5) is 0 Å². The second-order valence-corrected chi connectivity index (χ2v) is 4.25. The van der Waals surface area contributed by atoms with Crippen molar-refractivity contribution < 1.29 is 19.3 Å². The first-order valence-corrected chi connectivity index (χ1v) is 4.65. The Hall–Kier alpha value is -0.160. The van der Waals surface area contributed by atoms with Crippen molar-refractivity contribution in [2.45, 2.75) is 44.4 Å². The molecule has 1 spiro atoms. The number of aliphatic hydroxyl groups is 1. The van der Waals surface area contributed by atoms with Crippen LogP contribution in [-0.4, -0.2) is 36.0 Å². The predicted molar refractivity (Wildman–Crippen MR) is 45.0 cm³/mol. The molecule has 2 saturated heterocycles. The van der Waals surface area contributed by atoms with E-state index in [-0.39, 0.29) is 5.60 Å². The van der Waals surface area contributed by atoms with Gasteiger partial charge < -0.3 is 19.3 Å². The summed E-state index contributed by atoms with van der Waals surface area (Å²) in [5.74, 6) is -0.517. The van der Waals surface area contributed by atoms with Crippen LogP contribution in [-0.2, 0) is 14.2 Å². The van der Waals surface area contributed by atoms with Crippen LogP contribution in [0, 0.1) is 0 Å². The van der Waals surface area contributed by atoms with Crippen molar-refractivity contribution in [1.29, 1.82) is 0 Å². The van der Waals surface area contributed by atoms with Gasteiger partial charge in [0.2, 0.25) is 0 Å². The van der Waals surface area contributed by atoms with Crippen molar-refractivity contribution in [2.75, 3.05) is 13.2 Å². The van der Waals surface area contributed by atoms with Crippen LogP contribution in [0.15, 0.2) is 0 Å². The molecule has 0 aromatic rings. The van der Waals surface area contributed by atoms with Crippen LogP contribution >= 0.6 is 0 Å². The molecule has 2 heterocycles. The summed E-state index contributed by atoms with van der Waals surface area (Å²) in [6.45, 7) is 4.88. The molecule has 0 aromatic carbocycles. The Bertz CT molecular complexity index is 204. The van der Waals surface area contributed by atoms with Gasteiger partial charge in [0.1, 0.15) is 5.60 Å². The summed E-state index contributed by atoms with van der Waals surface area (Å²) in [7, 11) is 0. The molecule has 0 aromatic heterocycles. The van der Waals surface area contributed by atoms with E-state index < -0.39 is 12.1 Å². The minimum Gasteiger partial charge on any atom is -0.368 e. The van der Waals surface area contributed by atoms with E-state index in [0.717, 1.165) is 6.42 Å². The maximum absolute atomic E-state index is 9.35. The van der Waals surface area contributed by atoms with E-state index in [4.69, 9.17) is 14.2 Å². The topological polar surface area (TPSA) is 47.9 Å². The molecular weight excluding hydrogens is 172 g/mol. The molecule has 13 heavy (non-hydrogen) atoms. The molecule has 2 atom stereocenters. The van der Waals surface area contributed by atoms with Gasteiger partial charge in [-0.05, 0) is 13.8 Å². The summed E-state index contributed by atoms with van der Waals surface area (Å²) >= 11 is 0. The van der Waals surface area contributed by atoms with Crippen molar-refractivity contribution in [1.82, 2.24) is 0 Å². The highest BCUT2D eigenvalue weighted by Gasteiger charge is 2.48. The standard InChI is InChI=1S/C9H16O4/c1-8(2)12-6-9(13-8)3-4-11-7(10)5-9/h7,10H,3-6H2,1-2H3/t7?,9-/m0/s1. The highest BCUT2D eigenvalue weighted by Crippen LogP contribution is 2.38. The van der Waals surface area contributed by atoms with Crippen LogP contribution in [0.25, 0.3) is 0 Å². The molecule has 0 saturated carbocycles. The highest BCUT2D eigenvalue weighted by molar-refractivity contribution is 4.90. The van der Waals surface area contributed by atoms with Crippen molar-refractivity contribution in [2.24, 2.45) is 0 Å². The average Bonchev–Trinajstić information content (AvgIpc) is 2.26. The summed E-state index contributed by atoms with van der Waals surface area (Å²) in [6.07, 6.45) is 0.607. The van der Waals surface area contributed by atoms with Gasteiger partial charge in [-0.3, -0.25) is 0 Å². The van der Waals surface area contributed by atoms with Gasteiger partial charge in [-0.25, -0.2) is 0 Å². The Morgan fingerprint density at radius 2 is 2.15 bits per heavy atom. The lowest BCUT2D eigenvalue weighted by Crippen LogP contribution is -2.43. The molecule has 76 valence electrons. The Morgan fingerprint density at radius 1 is 1.38 bits per heavy atom. The molecule has 2 rings (SSSR count). The lowest BCUT2D eigenvalue weighted by molar-refractivity contribution is -0.218. The molecule has 1 N–H and O–H groups in total. The third-order valence-corrected chi connectivity index (χ3v) is 2.56. The molecule has 2 aliphatic heterocycles. The maximum Gasteiger partial charge on any atom is 0.163 e. The van der Waals surface area contributed by atoms with Gasteiger partial charge in [0, 0.05) is 12.8 Å². The summed E-state index contributed by atoms with van der Waals surface area (Å²) in [5.41, 5.74) is -0.318. The Kier molecular flexibility index (Phi) is 2.11. The Labute approximate surface area is 77.8 Å². The first-order valence-electron chi connectivity index (χ1n) is 4.65. The summed E-state index contributed by atoms with van der Waals surface area (Å²) < 4.78 is 16.3. The fourth-order valence-electron chi connectivity index (χ4n) is 1.97. The number of ether oxygens (including phenoxy) is 3. The first kappa shape index (κ1) is 9.40. The fourth-order valence-corrected chi connectivity index (χ4v) is 1.97. The van der Waals surface area contributed by atoms with Gasteiger partial charge in [0.05, 0.1) is 13.2 Å². The van der Waals surface area contributed by atoms with Gasteiger partial charge in [0.25, 0.3) is 0 Å². The molecule has 4 heteroatoms. The number of hydrogen-bond acceptors (Lipinski definition) is 4. The second kappa shape index (κ2) is 2.92. The van der Waals surface area contributed by atoms with Crippen molar-refractivity contribution in [3.05, 3.63) is 0 Å². The molecule has 4 nitrogen and oxygen atoms in total. The number of aliphatic hydroxyl groups excluding tert-OH is 1. The smallest absolute Gasteiger partial charge is 0.163 e. The quantitative estimate of drug-likeness (QED) is 0.606. The largest absolute Gasteiger partial charge is 0.368 e. The third kappa shape index (κ3) is 1.86. The molecule has 0 bridgehead atoms. The monoisotopic (exact) mass is 188 g/mol. The van der Waals surface area contributed by atoms with E-state index in [2.05, 4.69) is 0 Å². The van der Waals surface area contributed by atoms with Crippen LogP contribution in [0.5, 0.6) is 0 Å². The third-order valence-electron chi connectivity index (χ3n) is 2.56. The summed E-state index contributed by atoms with van der Waals surface area (Å²) in [5, 5.41) is 9.35. The minimum absolute atomic E-state index is 0.318. The molecule has 2 aliphatic rings. The zero-order valence-corrected chi connectivity index (χ0v) is 8.08. The molecule has 0 amide bonds. The number of hydrogen-bond donors (Lipinski definition) is 1. The lowest BCUT2D eigenvalue weighted by Gasteiger charge is -2.35. The van der Waals surface area contributed by atoms with Gasteiger partial charge >= 0.3 is 0 Å². The second-order valence-electron chi connectivity index (χ2n) is 4.25. The molecule has 2 fully saturated rings. The molecule has 0 aliphatic carbocycles. The van der Waals surface area contributed by atoms with Gasteiger partial charge in [0.15, 0.2) is 12.1 Å². The van der Waals surface area contributed by atoms with E-state index in [9.17, 15) is 5.11 Å². The SMILES string of the molecule is CC1(C)OC[C@@]2(CCOC(O)C2)O1. The van der Waals surface area contributed by atoms with E-state index in [1.165, 1.54) is 0 Å². The zero-order chi connectivity index (χ0) is 9.53. The fraction of sp³-hybridized carbons (Fsp3) is 1.00. The van der Waals surface area contributed by atoms with Crippen LogP contribution in [0.2, 0.25) is 0 Å². The van der Waals surface area contributed by atoms with Gasteiger partial charge in [-0.15, -0.1) is 0 Å². The predicted octanol–water partition coefficient (Wildman–Crippen LogP) is 0.637. The van der Waals surface area contributed by atoms with Gasteiger partial charge in [-0.2, -0.15) is 0 Å². The van der Waals surface area contributed by atoms with Crippen LogP contribution < -0.4 is 0 Å². The molecular formula is C9H16O4. The normalized spacial score (nSPS) is 44.1. The van der Waals surface area contributed by atoms with Gasteiger partial charge in [-0.1, -0.05) is 0 Å². The minimum atomic E-state index is -0.703. The van der Waals surface area contributed by atoms with Crippen molar-refractivity contribution in [3.8, 4) is 0 Å². The zero-order valence-electron chi connectivity index (χ0n) is 8.08. The lowest BCUT2D eigenvalue weighted by atomic mass is 9.94. The van der Waals surface area contributed by atoms with E-state index in [0.29, 0.717) is 19.6 Å². The van der Waals surface area contributed by atoms with Crippen LogP contribution in [0.3, 0.4) is 0 Å². The van der Waals surface area contributed by atoms with E-state index in [1.807, 2.05) is 13.8 Å². The summed E-state index contributed by atoms with van der Waals surface area (Å²) in [6, 6.07) is 0. The number of rotatable bonds is 0. The van der Waals surface area contributed by atoms with Crippen molar-refractivity contribution in [3.63, 3.8) is 0 Å². The Morgan fingerprint density at radius 3 is 2.69 bits per heavy atom. The van der Waals surface area contributed by atoms with E-state index >= 15 is 0 Å². The Balaban J connectivity index is 2.05. The molecule has 1 unspecified atom stereocenters. The maximum atomic E-state index is 9.35. The first-order chi connectivity index (χ1) is 6.02. The highest BCUT2D eigenvalue weighted by atomic mass is 16.8. The average molecular weight is 188 g/mol. The summed E-state index contributed by atoms with van der Waals surface area (Å²) in [4.78, 5) is 0.